The molecule has 2 amide bonds. The number of esters is 1. The quantitative estimate of drug-likeness (QED) is 0.461. The van der Waals surface area contributed by atoms with Gasteiger partial charge in [0.2, 0.25) is 0 Å². The smallest absolute Gasteiger partial charge is 0.338 e. The van der Waals surface area contributed by atoms with E-state index in [1.807, 2.05) is 30.3 Å². The maximum absolute atomic E-state index is 12.6. The first-order valence-electron chi connectivity index (χ1n) is 8.11. The lowest BCUT2D eigenvalue weighted by Crippen LogP contribution is -2.46. The Kier molecular flexibility index (Phi) is 5.85. The van der Waals surface area contributed by atoms with Gasteiger partial charge in [-0.1, -0.05) is 42.1 Å². The first-order valence-corrected chi connectivity index (χ1v) is 9.10. The lowest BCUT2D eigenvalue weighted by atomic mass is 9.95. The average molecular weight is 370 g/mol. The Hall–Kier alpha value is -2.87. The fraction of sp³-hybridized carbons (Fsp3) is 0.222. The van der Waals surface area contributed by atoms with Crippen molar-refractivity contribution in [2.75, 3.05) is 12.4 Å². The molecular formula is C18H18N4O3S. The number of nitrogens with one attached hydrogen (secondary N) is 2. The monoisotopic (exact) mass is 370 g/mol. The van der Waals surface area contributed by atoms with Gasteiger partial charge in [-0.3, -0.25) is 0 Å². The highest BCUT2D eigenvalue weighted by Gasteiger charge is 2.33. The molecule has 2 aromatic rings. The molecule has 7 nitrogen and oxygen atoms in total. The maximum atomic E-state index is 12.6. The number of carbonyl (C=O) groups excluding carboxylic acids is 2. The van der Waals surface area contributed by atoms with Crippen LogP contribution in [-0.2, 0) is 9.53 Å². The van der Waals surface area contributed by atoms with E-state index in [0.29, 0.717) is 22.2 Å². The van der Waals surface area contributed by atoms with Crippen molar-refractivity contribution in [3.63, 3.8) is 0 Å². The van der Waals surface area contributed by atoms with Crippen LogP contribution in [0.4, 0.5) is 4.79 Å². The summed E-state index contributed by atoms with van der Waals surface area (Å²) in [5, 5.41) is 6.09. The minimum atomic E-state index is -0.573. The van der Waals surface area contributed by atoms with E-state index in [0.717, 1.165) is 5.56 Å². The van der Waals surface area contributed by atoms with Gasteiger partial charge in [0, 0.05) is 23.8 Å². The van der Waals surface area contributed by atoms with E-state index in [4.69, 9.17) is 4.74 Å². The lowest BCUT2D eigenvalue weighted by molar-refractivity contribution is -0.139. The zero-order valence-corrected chi connectivity index (χ0v) is 15.0. The third-order valence-electron chi connectivity index (χ3n) is 3.67. The standard InChI is InChI=1S/C18H18N4O3S/c1-2-25-16(23)14-13(11-26-18-19-9-6-10-20-18)21-17(24)22-15(14)12-7-4-3-5-8-12/h3-10,15H,2,11H2,1H3,(H2,21,22,24)/t15-/m0/s1. The van der Waals surface area contributed by atoms with Crippen LogP contribution in [0, 0.1) is 0 Å². The topological polar surface area (TPSA) is 93.2 Å². The van der Waals surface area contributed by atoms with Crippen LogP contribution in [0.15, 0.2) is 65.2 Å². The molecule has 0 radical (unpaired) electrons. The van der Waals surface area contributed by atoms with Crippen molar-refractivity contribution in [1.29, 1.82) is 0 Å². The fourth-order valence-electron chi connectivity index (χ4n) is 2.57. The van der Waals surface area contributed by atoms with Gasteiger partial charge in [0.25, 0.3) is 0 Å². The predicted octanol–water partition coefficient (Wildman–Crippen LogP) is 2.44. The van der Waals surface area contributed by atoms with Gasteiger partial charge in [-0.05, 0) is 18.6 Å². The van der Waals surface area contributed by atoms with Crippen molar-refractivity contribution in [3.05, 3.63) is 65.6 Å². The van der Waals surface area contributed by atoms with Gasteiger partial charge < -0.3 is 15.4 Å². The summed E-state index contributed by atoms with van der Waals surface area (Å²) in [6.45, 7) is 2.00. The molecule has 0 spiro atoms. The number of rotatable bonds is 6. The second kappa shape index (κ2) is 8.48. The number of urea groups is 1. The molecule has 0 saturated heterocycles. The molecule has 0 aliphatic carbocycles. The second-order valence-corrected chi connectivity index (χ2v) is 6.32. The van der Waals surface area contributed by atoms with Gasteiger partial charge in [-0.15, -0.1) is 0 Å². The predicted molar refractivity (Wildman–Crippen MR) is 97.3 cm³/mol. The van der Waals surface area contributed by atoms with Crippen LogP contribution in [0.5, 0.6) is 0 Å². The number of hydrogen-bond donors (Lipinski definition) is 2. The summed E-state index contributed by atoms with van der Waals surface area (Å²) < 4.78 is 5.22. The van der Waals surface area contributed by atoms with Crippen LogP contribution in [0.1, 0.15) is 18.5 Å². The molecule has 2 heterocycles. The maximum Gasteiger partial charge on any atom is 0.338 e. The largest absolute Gasteiger partial charge is 0.463 e. The van der Waals surface area contributed by atoms with Gasteiger partial charge in [0.15, 0.2) is 5.16 Å². The summed E-state index contributed by atoms with van der Waals surface area (Å²) in [4.78, 5) is 33.0. The number of amides is 2. The molecule has 0 fully saturated rings. The number of aromatic nitrogens is 2. The van der Waals surface area contributed by atoms with Crippen LogP contribution < -0.4 is 10.6 Å². The molecule has 3 rings (SSSR count). The second-order valence-electron chi connectivity index (χ2n) is 5.37. The molecule has 1 aromatic carbocycles. The summed E-state index contributed by atoms with van der Waals surface area (Å²) in [5.74, 6) is -0.118. The molecule has 8 heteroatoms. The summed E-state index contributed by atoms with van der Waals surface area (Å²) >= 11 is 1.34. The normalized spacial score (nSPS) is 16.7. The van der Waals surface area contributed by atoms with Crippen LogP contribution in [0.25, 0.3) is 0 Å². The highest BCUT2D eigenvalue weighted by atomic mass is 32.2. The van der Waals surface area contributed by atoms with Crippen LogP contribution in [0.2, 0.25) is 0 Å². The van der Waals surface area contributed by atoms with Gasteiger partial charge in [0.05, 0.1) is 18.2 Å². The number of carbonyl (C=O) groups is 2. The Bertz CT molecular complexity index is 812. The Morgan fingerprint density at radius 2 is 1.92 bits per heavy atom. The molecule has 0 unspecified atom stereocenters. The molecule has 134 valence electrons. The Morgan fingerprint density at radius 1 is 1.19 bits per heavy atom. The van der Waals surface area contributed by atoms with E-state index in [1.165, 1.54) is 11.8 Å². The molecule has 26 heavy (non-hydrogen) atoms. The summed E-state index contributed by atoms with van der Waals surface area (Å²) in [5.41, 5.74) is 1.70. The molecule has 0 bridgehead atoms. The summed E-state index contributed by atoms with van der Waals surface area (Å²) in [6.07, 6.45) is 3.29. The number of ether oxygens (including phenoxy) is 1. The minimum absolute atomic E-state index is 0.250. The number of nitrogens with zero attached hydrogens (tertiary/aromatic N) is 2. The Balaban J connectivity index is 1.95. The molecule has 2 N–H and O–H groups in total. The van der Waals surface area contributed by atoms with Crippen LogP contribution >= 0.6 is 11.8 Å². The number of hydrogen-bond acceptors (Lipinski definition) is 6. The molecule has 1 atom stereocenters. The van der Waals surface area contributed by atoms with Crippen molar-refractivity contribution in [2.24, 2.45) is 0 Å². The molecule has 1 aromatic heterocycles. The van der Waals surface area contributed by atoms with Crippen molar-refractivity contribution >= 4 is 23.8 Å². The van der Waals surface area contributed by atoms with E-state index >= 15 is 0 Å². The van der Waals surface area contributed by atoms with Gasteiger partial charge >= 0.3 is 12.0 Å². The zero-order chi connectivity index (χ0) is 18.4. The van der Waals surface area contributed by atoms with Crippen molar-refractivity contribution in [2.45, 2.75) is 18.1 Å². The summed E-state index contributed by atoms with van der Waals surface area (Å²) in [7, 11) is 0. The molecule has 1 aliphatic rings. The van der Waals surface area contributed by atoms with Crippen molar-refractivity contribution in [3.8, 4) is 0 Å². The van der Waals surface area contributed by atoms with E-state index < -0.39 is 12.0 Å². The van der Waals surface area contributed by atoms with Gasteiger partial charge in [0.1, 0.15) is 0 Å². The van der Waals surface area contributed by atoms with Gasteiger partial charge in [-0.2, -0.15) is 0 Å². The third-order valence-corrected chi connectivity index (χ3v) is 4.57. The fourth-order valence-corrected chi connectivity index (χ4v) is 3.35. The Labute approximate surface area is 155 Å². The highest BCUT2D eigenvalue weighted by molar-refractivity contribution is 7.99. The van der Waals surface area contributed by atoms with E-state index in [1.54, 1.807) is 25.4 Å². The molecular weight excluding hydrogens is 352 g/mol. The number of thioether (sulfide) groups is 1. The first kappa shape index (κ1) is 17.9. The minimum Gasteiger partial charge on any atom is -0.463 e. The van der Waals surface area contributed by atoms with Crippen molar-refractivity contribution < 1.29 is 14.3 Å². The van der Waals surface area contributed by atoms with Crippen LogP contribution in [-0.4, -0.2) is 34.3 Å². The number of benzene rings is 1. The van der Waals surface area contributed by atoms with Gasteiger partial charge in [-0.25, -0.2) is 19.6 Å². The third kappa shape index (κ3) is 4.20. The lowest BCUT2D eigenvalue weighted by Gasteiger charge is -2.29. The molecule has 0 saturated carbocycles. The SMILES string of the molecule is CCOC(=O)C1=C(CSc2ncccn2)NC(=O)N[C@H]1c1ccccc1. The molecule has 1 aliphatic heterocycles. The average Bonchev–Trinajstić information content (AvgIpc) is 2.67. The first-order chi connectivity index (χ1) is 12.7. The Morgan fingerprint density at radius 3 is 2.62 bits per heavy atom. The van der Waals surface area contributed by atoms with E-state index in [9.17, 15) is 9.59 Å². The van der Waals surface area contributed by atoms with E-state index in [-0.39, 0.29) is 12.6 Å². The van der Waals surface area contributed by atoms with E-state index in [2.05, 4.69) is 20.6 Å². The zero-order valence-electron chi connectivity index (χ0n) is 14.1. The highest BCUT2D eigenvalue weighted by Crippen LogP contribution is 2.29. The van der Waals surface area contributed by atoms with Crippen LogP contribution in [0.3, 0.4) is 0 Å². The summed E-state index contributed by atoms with van der Waals surface area (Å²) in [6, 6.07) is 10.1. The van der Waals surface area contributed by atoms with Crippen molar-refractivity contribution in [1.82, 2.24) is 20.6 Å².